The lowest BCUT2D eigenvalue weighted by atomic mass is 10.4. The maximum Gasteiger partial charge on any atom is 0.104 e. The van der Waals surface area contributed by atoms with Gasteiger partial charge in [-0.25, -0.2) is 0 Å². The minimum atomic E-state index is -0.00611. The highest BCUT2D eigenvalue weighted by Crippen LogP contribution is 2.05. The van der Waals surface area contributed by atoms with Gasteiger partial charge in [-0.15, -0.1) is 17.0 Å². The molecule has 0 unspecified atom stereocenters. The van der Waals surface area contributed by atoms with Crippen molar-refractivity contribution in [3.05, 3.63) is 0 Å². The van der Waals surface area contributed by atoms with Crippen molar-refractivity contribution in [2.24, 2.45) is 0 Å². The first-order valence-corrected chi connectivity index (χ1v) is 3.72. The van der Waals surface area contributed by atoms with Crippen molar-refractivity contribution in [2.45, 2.75) is 12.8 Å². The molecule has 1 rings (SSSR count). The van der Waals surface area contributed by atoms with Gasteiger partial charge in [0.05, 0.1) is 6.54 Å². The molecule has 1 heterocycles. The smallest absolute Gasteiger partial charge is 0.104 e. The van der Waals surface area contributed by atoms with Crippen LogP contribution in [0.15, 0.2) is 0 Å². The second-order valence-electron chi connectivity index (χ2n) is 2.49. The van der Waals surface area contributed by atoms with Gasteiger partial charge < -0.3 is 5.11 Å². The Hall–Kier alpha value is -0.0400. The standard InChI is InChI=1S/C8H13NO.BrH/c10-8-4-3-7-9-5-1-2-6-9;/h10H,1-2,5-8H2;1H. The molecule has 0 aromatic heterocycles. The molecule has 0 spiro atoms. The van der Waals surface area contributed by atoms with Crippen molar-refractivity contribution in [3.8, 4) is 11.8 Å². The molecule has 1 saturated heterocycles. The van der Waals surface area contributed by atoms with Gasteiger partial charge in [0.1, 0.15) is 6.61 Å². The minimum absolute atomic E-state index is 0. The summed E-state index contributed by atoms with van der Waals surface area (Å²) >= 11 is 0. The Morgan fingerprint density at radius 3 is 2.36 bits per heavy atom. The summed E-state index contributed by atoms with van der Waals surface area (Å²) in [5.74, 6) is 5.54. The Bertz CT molecular complexity index is 144. The number of aliphatic hydroxyl groups is 1. The van der Waals surface area contributed by atoms with E-state index in [4.69, 9.17) is 5.11 Å². The van der Waals surface area contributed by atoms with E-state index in [-0.39, 0.29) is 23.6 Å². The quantitative estimate of drug-likeness (QED) is 0.656. The van der Waals surface area contributed by atoms with E-state index in [1.165, 1.54) is 25.9 Å². The number of hydrogen-bond donors (Lipinski definition) is 1. The van der Waals surface area contributed by atoms with Crippen LogP contribution in [0, 0.1) is 11.8 Å². The predicted molar refractivity (Wildman–Crippen MR) is 50.9 cm³/mol. The normalized spacial score (nSPS) is 16.8. The number of likely N-dealkylation sites (tertiary alicyclic amines) is 1. The molecule has 1 fully saturated rings. The van der Waals surface area contributed by atoms with Crippen LogP contribution in [0.1, 0.15) is 12.8 Å². The van der Waals surface area contributed by atoms with Crippen LogP contribution >= 0.6 is 17.0 Å². The number of aliphatic hydroxyl groups excluding tert-OH is 1. The second kappa shape index (κ2) is 6.66. The van der Waals surface area contributed by atoms with Crippen LogP contribution in [0.2, 0.25) is 0 Å². The SMILES string of the molecule is Br.OCC#CCN1CCCC1. The first kappa shape index (κ1) is 11.0. The van der Waals surface area contributed by atoms with Crippen LogP contribution in [-0.4, -0.2) is 36.2 Å². The summed E-state index contributed by atoms with van der Waals surface area (Å²) in [5.41, 5.74) is 0. The minimum Gasteiger partial charge on any atom is -0.384 e. The predicted octanol–water partition coefficient (Wildman–Crippen LogP) is 0.656. The van der Waals surface area contributed by atoms with Crippen LogP contribution in [0.5, 0.6) is 0 Å². The molecule has 0 saturated carbocycles. The lowest BCUT2D eigenvalue weighted by Crippen LogP contribution is -2.19. The lowest BCUT2D eigenvalue weighted by Gasteiger charge is -2.08. The molecule has 0 aliphatic carbocycles. The molecule has 1 N–H and O–H groups in total. The molecule has 11 heavy (non-hydrogen) atoms. The van der Waals surface area contributed by atoms with E-state index in [1.54, 1.807) is 0 Å². The fourth-order valence-corrected chi connectivity index (χ4v) is 1.16. The van der Waals surface area contributed by atoms with Crippen LogP contribution in [0.4, 0.5) is 0 Å². The average molecular weight is 220 g/mol. The van der Waals surface area contributed by atoms with Crippen molar-refractivity contribution in [1.29, 1.82) is 0 Å². The van der Waals surface area contributed by atoms with Gasteiger partial charge in [0.2, 0.25) is 0 Å². The molecule has 0 radical (unpaired) electrons. The first-order valence-electron chi connectivity index (χ1n) is 3.72. The second-order valence-corrected chi connectivity index (χ2v) is 2.49. The molecule has 0 atom stereocenters. The topological polar surface area (TPSA) is 23.5 Å². The average Bonchev–Trinajstić information content (AvgIpc) is 2.41. The number of hydrogen-bond acceptors (Lipinski definition) is 2. The summed E-state index contributed by atoms with van der Waals surface area (Å²) in [5, 5.41) is 8.35. The van der Waals surface area contributed by atoms with Gasteiger partial charge in [-0.05, 0) is 25.9 Å². The zero-order valence-corrected chi connectivity index (χ0v) is 8.26. The third-order valence-corrected chi connectivity index (χ3v) is 1.71. The maximum atomic E-state index is 8.35. The van der Waals surface area contributed by atoms with Gasteiger partial charge in [0.15, 0.2) is 0 Å². The highest BCUT2D eigenvalue weighted by Gasteiger charge is 2.08. The Labute approximate surface area is 78.4 Å². The summed E-state index contributed by atoms with van der Waals surface area (Å²) in [6.45, 7) is 3.19. The van der Waals surface area contributed by atoms with E-state index >= 15 is 0 Å². The molecular weight excluding hydrogens is 206 g/mol. The molecule has 2 nitrogen and oxygen atoms in total. The Morgan fingerprint density at radius 1 is 1.18 bits per heavy atom. The molecular formula is C8H14BrNO. The molecule has 1 aliphatic rings. The maximum absolute atomic E-state index is 8.35. The molecule has 0 bridgehead atoms. The highest BCUT2D eigenvalue weighted by atomic mass is 79.9. The van der Waals surface area contributed by atoms with Crippen molar-refractivity contribution < 1.29 is 5.11 Å². The van der Waals surface area contributed by atoms with Crippen molar-refractivity contribution >= 4 is 17.0 Å². The van der Waals surface area contributed by atoms with E-state index in [1.807, 2.05) is 0 Å². The summed E-state index contributed by atoms with van der Waals surface area (Å²) < 4.78 is 0. The monoisotopic (exact) mass is 219 g/mol. The number of nitrogens with zero attached hydrogens (tertiary/aromatic N) is 1. The fraction of sp³-hybridized carbons (Fsp3) is 0.750. The van der Waals surface area contributed by atoms with Crippen molar-refractivity contribution in [2.75, 3.05) is 26.2 Å². The van der Waals surface area contributed by atoms with Crippen LogP contribution in [0.25, 0.3) is 0 Å². The van der Waals surface area contributed by atoms with Crippen LogP contribution in [-0.2, 0) is 0 Å². The Kier molecular flexibility index (Phi) is 6.63. The number of halogens is 1. The summed E-state index contributed by atoms with van der Waals surface area (Å²) in [6, 6.07) is 0. The first-order chi connectivity index (χ1) is 4.93. The summed E-state index contributed by atoms with van der Waals surface area (Å²) in [7, 11) is 0. The largest absolute Gasteiger partial charge is 0.384 e. The molecule has 3 heteroatoms. The van der Waals surface area contributed by atoms with Gasteiger partial charge in [0.25, 0.3) is 0 Å². The van der Waals surface area contributed by atoms with E-state index in [0.29, 0.717) is 0 Å². The van der Waals surface area contributed by atoms with E-state index < -0.39 is 0 Å². The molecule has 0 aromatic carbocycles. The van der Waals surface area contributed by atoms with Gasteiger partial charge in [-0.2, -0.15) is 0 Å². The molecule has 0 aromatic rings. The summed E-state index contributed by atoms with van der Waals surface area (Å²) in [6.07, 6.45) is 2.61. The van der Waals surface area contributed by atoms with Crippen molar-refractivity contribution in [3.63, 3.8) is 0 Å². The van der Waals surface area contributed by atoms with Crippen LogP contribution < -0.4 is 0 Å². The third-order valence-electron chi connectivity index (χ3n) is 1.71. The van der Waals surface area contributed by atoms with Gasteiger partial charge >= 0.3 is 0 Å². The lowest BCUT2D eigenvalue weighted by molar-refractivity contribution is 0.349. The van der Waals surface area contributed by atoms with E-state index in [9.17, 15) is 0 Å². The number of rotatable bonds is 1. The fourth-order valence-electron chi connectivity index (χ4n) is 1.16. The third kappa shape index (κ3) is 4.41. The molecule has 0 amide bonds. The van der Waals surface area contributed by atoms with Gasteiger partial charge in [-0.1, -0.05) is 11.8 Å². The van der Waals surface area contributed by atoms with Gasteiger partial charge in [-0.3, -0.25) is 4.90 Å². The summed E-state index contributed by atoms with van der Waals surface area (Å²) in [4.78, 5) is 2.31. The van der Waals surface area contributed by atoms with Crippen molar-refractivity contribution in [1.82, 2.24) is 4.90 Å². The Morgan fingerprint density at radius 2 is 1.82 bits per heavy atom. The van der Waals surface area contributed by atoms with E-state index in [0.717, 1.165) is 6.54 Å². The highest BCUT2D eigenvalue weighted by molar-refractivity contribution is 8.93. The van der Waals surface area contributed by atoms with Gasteiger partial charge in [0, 0.05) is 0 Å². The zero-order valence-electron chi connectivity index (χ0n) is 6.55. The van der Waals surface area contributed by atoms with Crippen LogP contribution in [0.3, 0.4) is 0 Å². The molecule has 1 aliphatic heterocycles. The molecule has 64 valence electrons. The zero-order chi connectivity index (χ0) is 7.23. The van der Waals surface area contributed by atoms with E-state index in [2.05, 4.69) is 16.7 Å². The Balaban J connectivity index is 0.000001000.